The number of ether oxygens (including phenoxy) is 1. The molecule has 1 rings (SSSR count). The van der Waals surface area contributed by atoms with Gasteiger partial charge in [0.2, 0.25) is 0 Å². The highest BCUT2D eigenvalue weighted by molar-refractivity contribution is 5.86. The largest absolute Gasteiger partial charge is 0.479 e. The highest BCUT2D eigenvalue weighted by Crippen LogP contribution is 2.18. The summed E-state index contributed by atoms with van der Waals surface area (Å²) in [6.07, 6.45) is 3.41. The summed E-state index contributed by atoms with van der Waals surface area (Å²) < 4.78 is 5.07. The molecule has 0 aromatic carbocycles. The van der Waals surface area contributed by atoms with Crippen molar-refractivity contribution in [3.8, 4) is 0 Å². The molecule has 0 aromatic rings. The van der Waals surface area contributed by atoms with Crippen LogP contribution in [0.3, 0.4) is 0 Å². The Morgan fingerprint density at radius 2 is 2.11 bits per heavy atom. The zero-order chi connectivity index (χ0) is 14.3. The second-order valence-electron chi connectivity index (χ2n) is 5.46. The van der Waals surface area contributed by atoms with Crippen LogP contribution in [0.15, 0.2) is 0 Å². The number of aliphatic carboxylic acids is 1. The molecule has 1 atom stereocenters. The summed E-state index contributed by atoms with van der Waals surface area (Å²) in [7, 11) is 0. The molecule has 1 unspecified atom stereocenters. The molecule has 6 heteroatoms. The Kier molecular flexibility index (Phi) is 6.08. The first-order valence-corrected chi connectivity index (χ1v) is 6.83. The number of carbonyl (C=O) groups is 2. The van der Waals surface area contributed by atoms with E-state index in [-0.39, 0.29) is 6.61 Å². The molecule has 1 heterocycles. The molecule has 0 spiro atoms. The average Bonchev–Trinajstić information content (AvgIpc) is 2.78. The van der Waals surface area contributed by atoms with Crippen molar-refractivity contribution in [1.82, 2.24) is 10.6 Å². The summed E-state index contributed by atoms with van der Waals surface area (Å²) in [5.74, 6) is -0.375. The molecule has 0 aliphatic carbocycles. The number of carbonyl (C=O) groups excluding carboxylic acids is 1. The molecule has 110 valence electrons. The van der Waals surface area contributed by atoms with Gasteiger partial charge in [-0.25, -0.2) is 9.59 Å². The molecule has 1 aliphatic heterocycles. The van der Waals surface area contributed by atoms with Crippen LogP contribution in [0.2, 0.25) is 0 Å². The summed E-state index contributed by atoms with van der Waals surface area (Å²) >= 11 is 0. The van der Waals surface area contributed by atoms with Gasteiger partial charge in [-0.15, -0.1) is 0 Å². The predicted octanol–water partition coefficient (Wildman–Crippen LogP) is 1.36. The number of hydrogen-bond donors (Lipinski definition) is 3. The highest BCUT2D eigenvalue weighted by Gasteiger charge is 2.43. The Bertz CT molecular complexity index is 312. The zero-order valence-corrected chi connectivity index (χ0v) is 11.7. The molecule has 6 nitrogen and oxygen atoms in total. The molecule has 2 amide bonds. The van der Waals surface area contributed by atoms with Crippen molar-refractivity contribution < 1.29 is 19.4 Å². The van der Waals surface area contributed by atoms with Crippen LogP contribution in [0, 0.1) is 5.92 Å². The van der Waals surface area contributed by atoms with E-state index in [0.29, 0.717) is 25.5 Å². The van der Waals surface area contributed by atoms with Crippen LogP contribution in [0.1, 0.15) is 39.5 Å². The van der Waals surface area contributed by atoms with Crippen LogP contribution >= 0.6 is 0 Å². The molecular formula is C13H24N2O4. The summed E-state index contributed by atoms with van der Waals surface area (Å²) in [5, 5.41) is 14.4. The molecule has 0 aromatic heterocycles. The van der Waals surface area contributed by atoms with Gasteiger partial charge in [0.25, 0.3) is 0 Å². The van der Waals surface area contributed by atoms with Gasteiger partial charge < -0.3 is 20.5 Å². The van der Waals surface area contributed by atoms with Crippen LogP contribution in [0.5, 0.6) is 0 Å². The normalized spacial score (nSPS) is 22.5. The van der Waals surface area contributed by atoms with E-state index in [2.05, 4.69) is 24.5 Å². The van der Waals surface area contributed by atoms with E-state index < -0.39 is 17.5 Å². The molecule has 3 N–H and O–H groups in total. The van der Waals surface area contributed by atoms with Crippen molar-refractivity contribution in [3.63, 3.8) is 0 Å². The van der Waals surface area contributed by atoms with Crippen molar-refractivity contribution in [1.29, 1.82) is 0 Å². The van der Waals surface area contributed by atoms with E-state index in [4.69, 9.17) is 9.84 Å². The summed E-state index contributed by atoms with van der Waals surface area (Å²) in [5.41, 5.74) is -1.26. The van der Waals surface area contributed by atoms with Crippen molar-refractivity contribution in [3.05, 3.63) is 0 Å². The Morgan fingerprint density at radius 3 is 2.63 bits per heavy atom. The van der Waals surface area contributed by atoms with E-state index in [1.165, 1.54) is 0 Å². The quantitative estimate of drug-likeness (QED) is 0.611. The lowest BCUT2D eigenvalue weighted by Gasteiger charge is -2.23. The van der Waals surface area contributed by atoms with E-state index in [9.17, 15) is 9.59 Å². The first-order valence-electron chi connectivity index (χ1n) is 6.83. The zero-order valence-electron chi connectivity index (χ0n) is 11.7. The maximum absolute atomic E-state index is 11.7. The maximum Gasteiger partial charge on any atom is 0.332 e. The van der Waals surface area contributed by atoms with E-state index in [1.54, 1.807) is 0 Å². The summed E-state index contributed by atoms with van der Waals surface area (Å²) in [6.45, 7) is 5.28. The lowest BCUT2D eigenvalue weighted by molar-refractivity contribution is -0.144. The van der Waals surface area contributed by atoms with Crippen molar-refractivity contribution in [2.75, 3.05) is 19.8 Å². The monoisotopic (exact) mass is 272 g/mol. The van der Waals surface area contributed by atoms with Crippen LogP contribution in [-0.4, -0.2) is 42.4 Å². The molecule has 0 radical (unpaired) electrons. The third-order valence-electron chi connectivity index (χ3n) is 3.28. The lowest BCUT2D eigenvalue weighted by Crippen LogP contribution is -2.57. The molecule has 0 bridgehead atoms. The average molecular weight is 272 g/mol. The Morgan fingerprint density at radius 1 is 1.37 bits per heavy atom. The smallest absolute Gasteiger partial charge is 0.332 e. The molecule has 1 fully saturated rings. The number of carboxylic acids is 1. The van der Waals surface area contributed by atoms with Gasteiger partial charge in [-0.05, 0) is 12.3 Å². The standard InChI is InChI=1S/C13H24N2O4/c1-10(2)5-3-4-7-14-12(18)15-13(11(16)17)6-8-19-9-13/h10H,3-9H2,1-2H3,(H,16,17)(H2,14,15,18). The second kappa shape index (κ2) is 7.33. The van der Waals surface area contributed by atoms with Gasteiger partial charge in [0, 0.05) is 19.6 Å². The number of carboxylic acid groups (broad SMARTS) is 1. The molecule has 19 heavy (non-hydrogen) atoms. The topological polar surface area (TPSA) is 87.7 Å². The minimum atomic E-state index is -1.26. The Labute approximate surface area is 113 Å². The minimum absolute atomic E-state index is 0.0309. The number of amides is 2. The molecule has 1 saturated heterocycles. The lowest BCUT2D eigenvalue weighted by atomic mass is 9.99. The van der Waals surface area contributed by atoms with Gasteiger partial charge >= 0.3 is 12.0 Å². The van der Waals surface area contributed by atoms with E-state index in [0.717, 1.165) is 19.3 Å². The van der Waals surface area contributed by atoms with Gasteiger partial charge in [0.15, 0.2) is 5.54 Å². The predicted molar refractivity (Wildman–Crippen MR) is 71.0 cm³/mol. The van der Waals surface area contributed by atoms with Crippen LogP contribution < -0.4 is 10.6 Å². The van der Waals surface area contributed by atoms with Gasteiger partial charge in [0.05, 0.1) is 6.61 Å². The fourth-order valence-corrected chi connectivity index (χ4v) is 2.03. The maximum atomic E-state index is 11.7. The van der Waals surface area contributed by atoms with Gasteiger partial charge in [-0.1, -0.05) is 26.7 Å². The number of nitrogens with one attached hydrogen (secondary N) is 2. The van der Waals surface area contributed by atoms with Crippen molar-refractivity contribution >= 4 is 12.0 Å². The van der Waals surface area contributed by atoms with Gasteiger partial charge in [-0.2, -0.15) is 0 Å². The van der Waals surface area contributed by atoms with Gasteiger partial charge in [-0.3, -0.25) is 0 Å². The first-order chi connectivity index (χ1) is 8.96. The van der Waals surface area contributed by atoms with Gasteiger partial charge in [0.1, 0.15) is 0 Å². The van der Waals surface area contributed by atoms with Crippen LogP contribution in [-0.2, 0) is 9.53 Å². The Balaban J connectivity index is 2.24. The fourth-order valence-electron chi connectivity index (χ4n) is 2.03. The minimum Gasteiger partial charge on any atom is -0.479 e. The SMILES string of the molecule is CC(C)CCCCNC(=O)NC1(C(=O)O)CCOC1. The third kappa shape index (κ3) is 5.06. The number of hydrogen-bond acceptors (Lipinski definition) is 3. The first kappa shape index (κ1) is 15.8. The molecular weight excluding hydrogens is 248 g/mol. The summed E-state index contributed by atoms with van der Waals surface area (Å²) in [4.78, 5) is 22.9. The van der Waals surface area contributed by atoms with Crippen molar-refractivity contribution in [2.24, 2.45) is 5.92 Å². The second-order valence-corrected chi connectivity index (χ2v) is 5.46. The third-order valence-corrected chi connectivity index (χ3v) is 3.28. The molecule has 1 aliphatic rings. The number of unbranched alkanes of at least 4 members (excludes halogenated alkanes) is 1. The summed E-state index contributed by atoms with van der Waals surface area (Å²) in [6, 6.07) is -0.433. The van der Waals surface area contributed by atoms with E-state index in [1.807, 2.05) is 0 Å². The molecule has 0 saturated carbocycles. The highest BCUT2D eigenvalue weighted by atomic mass is 16.5. The number of urea groups is 1. The van der Waals surface area contributed by atoms with Crippen LogP contribution in [0.25, 0.3) is 0 Å². The van der Waals surface area contributed by atoms with Crippen LogP contribution in [0.4, 0.5) is 4.79 Å². The van der Waals surface area contributed by atoms with Crippen molar-refractivity contribution in [2.45, 2.75) is 45.1 Å². The Hall–Kier alpha value is -1.30. The fraction of sp³-hybridized carbons (Fsp3) is 0.846. The van der Waals surface area contributed by atoms with E-state index >= 15 is 0 Å². The number of rotatable bonds is 7.